The number of non-ortho nitro benzene ring substituents is 1. The largest absolute Gasteiger partial charge is 0.335 e. The predicted octanol–water partition coefficient (Wildman–Crippen LogP) is 3.77. The maximum absolute atomic E-state index is 13.2. The molecule has 0 aliphatic heterocycles. The van der Waals surface area contributed by atoms with Crippen molar-refractivity contribution in [3.8, 4) is 0 Å². The maximum Gasteiger partial charge on any atom is 0.269 e. The molecule has 0 heterocycles. The van der Waals surface area contributed by atoms with Crippen molar-refractivity contribution >= 4 is 21.6 Å². The van der Waals surface area contributed by atoms with Gasteiger partial charge in [0.2, 0.25) is 10.0 Å². The normalized spacial score (nSPS) is 12.6. The quantitative estimate of drug-likeness (QED) is 0.466. The number of nitrogens with zero attached hydrogens (tertiary/aromatic N) is 3. The molecular weight excluding hydrogens is 406 g/mol. The third-order valence-electron chi connectivity index (χ3n) is 5.25. The van der Waals surface area contributed by atoms with Crippen molar-refractivity contribution in [2.75, 3.05) is 20.1 Å². The lowest BCUT2D eigenvalue weighted by Crippen LogP contribution is -2.32. The van der Waals surface area contributed by atoms with Crippen LogP contribution in [0.5, 0.6) is 0 Å². The summed E-state index contributed by atoms with van der Waals surface area (Å²) >= 11 is 0. The van der Waals surface area contributed by atoms with Crippen molar-refractivity contribution in [1.29, 1.82) is 0 Å². The third kappa shape index (κ3) is 4.68. The van der Waals surface area contributed by atoms with E-state index in [1.807, 2.05) is 0 Å². The fourth-order valence-corrected chi connectivity index (χ4v) is 4.68. The molecule has 2 aromatic carbocycles. The Balaban J connectivity index is 2.40. The summed E-state index contributed by atoms with van der Waals surface area (Å²) in [6.45, 7) is 7.70. The fraction of sp³-hybridized carbons (Fsp3) is 0.381. The number of hydrogen-bond donors (Lipinski definition) is 0. The van der Waals surface area contributed by atoms with Gasteiger partial charge in [-0.1, -0.05) is 32.0 Å². The average Bonchev–Trinajstić information content (AvgIpc) is 2.73. The number of amides is 1. The molecule has 0 fully saturated rings. The molecule has 0 bridgehead atoms. The van der Waals surface area contributed by atoms with Crippen molar-refractivity contribution < 1.29 is 18.1 Å². The number of nitro benzene ring substituents is 1. The van der Waals surface area contributed by atoms with E-state index in [4.69, 9.17) is 0 Å². The van der Waals surface area contributed by atoms with Gasteiger partial charge in [0.25, 0.3) is 11.6 Å². The number of aryl methyl sites for hydroxylation is 1. The summed E-state index contributed by atoms with van der Waals surface area (Å²) < 4.78 is 27.0. The first kappa shape index (κ1) is 23.5. The molecule has 9 heteroatoms. The van der Waals surface area contributed by atoms with Gasteiger partial charge >= 0.3 is 0 Å². The van der Waals surface area contributed by atoms with Crippen LogP contribution in [-0.2, 0) is 10.0 Å². The molecule has 2 rings (SSSR count). The Bertz CT molecular complexity index is 1050. The summed E-state index contributed by atoms with van der Waals surface area (Å²) in [6.07, 6.45) is 0. The van der Waals surface area contributed by atoms with E-state index in [1.165, 1.54) is 33.5 Å². The first-order chi connectivity index (χ1) is 14.0. The molecule has 1 amide bonds. The summed E-state index contributed by atoms with van der Waals surface area (Å²) in [6, 6.07) is 10.2. The maximum atomic E-state index is 13.2. The van der Waals surface area contributed by atoms with Gasteiger partial charge in [0.05, 0.1) is 15.9 Å². The molecular formula is C21H27N3O5S. The topological polar surface area (TPSA) is 101 Å². The lowest BCUT2D eigenvalue weighted by atomic mass is 10.0. The SMILES string of the molecule is CCN(CC)S(=O)(=O)c1ccc(C)c(C(=O)N(C)C(C)c2cccc([N+](=O)[O-])c2)c1. The number of sulfonamides is 1. The van der Waals surface area contributed by atoms with E-state index in [1.54, 1.807) is 52.9 Å². The second-order valence-corrected chi connectivity index (χ2v) is 8.95. The second kappa shape index (κ2) is 9.36. The average molecular weight is 434 g/mol. The Kier molecular flexibility index (Phi) is 7.33. The molecule has 0 aliphatic rings. The van der Waals surface area contributed by atoms with Crippen molar-refractivity contribution in [1.82, 2.24) is 9.21 Å². The highest BCUT2D eigenvalue weighted by atomic mass is 32.2. The minimum Gasteiger partial charge on any atom is -0.335 e. The van der Waals surface area contributed by atoms with Gasteiger partial charge in [0.15, 0.2) is 0 Å². The van der Waals surface area contributed by atoms with E-state index >= 15 is 0 Å². The number of carbonyl (C=O) groups excluding carboxylic acids is 1. The molecule has 1 atom stereocenters. The van der Waals surface area contributed by atoms with Crippen molar-refractivity contribution in [3.63, 3.8) is 0 Å². The summed E-state index contributed by atoms with van der Waals surface area (Å²) in [5.74, 6) is -0.358. The highest BCUT2D eigenvalue weighted by molar-refractivity contribution is 7.89. The number of benzene rings is 2. The van der Waals surface area contributed by atoms with Gasteiger partial charge in [-0.05, 0) is 37.1 Å². The predicted molar refractivity (Wildman–Crippen MR) is 115 cm³/mol. The molecule has 0 saturated heterocycles. The lowest BCUT2D eigenvalue weighted by molar-refractivity contribution is -0.384. The van der Waals surface area contributed by atoms with E-state index in [0.29, 0.717) is 24.2 Å². The van der Waals surface area contributed by atoms with Crippen molar-refractivity contribution in [3.05, 3.63) is 69.3 Å². The molecule has 0 radical (unpaired) electrons. The van der Waals surface area contributed by atoms with E-state index in [-0.39, 0.29) is 22.1 Å². The highest BCUT2D eigenvalue weighted by Gasteiger charge is 2.26. The molecule has 162 valence electrons. The number of rotatable bonds is 8. The molecule has 0 spiro atoms. The van der Waals surface area contributed by atoms with Crippen LogP contribution in [0.25, 0.3) is 0 Å². The van der Waals surface area contributed by atoms with Gasteiger partial charge in [0.1, 0.15) is 0 Å². The monoisotopic (exact) mass is 433 g/mol. The molecule has 0 aromatic heterocycles. The minimum absolute atomic E-state index is 0.0521. The summed E-state index contributed by atoms with van der Waals surface area (Å²) in [5, 5.41) is 11.0. The van der Waals surface area contributed by atoms with E-state index in [9.17, 15) is 23.3 Å². The number of hydrogen-bond acceptors (Lipinski definition) is 5. The number of nitro groups is 1. The Morgan fingerprint density at radius 2 is 1.77 bits per heavy atom. The lowest BCUT2D eigenvalue weighted by Gasteiger charge is -2.26. The molecule has 2 aromatic rings. The van der Waals surface area contributed by atoms with Crippen LogP contribution in [0.4, 0.5) is 5.69 Å². The summed E-state index contributed by atoms with van der Waals surface area (Å²) in [5.41, 5.74) is 1.49. The van der Waals surface area contributed by atoms with Gasteiger partial charge in [-0.2, -0.15) is 4.31 Å². The van der Waals surface area contributed by atoms with E-state index in [0.717, 1.165) is 0 Å². The van der Waals surface area contributed by atoms with Crippen molar-refractivity contribution in [2.45, 2.75) is 38.6 Å². The smallest absolute Gasteiger partial charge is 0.269 e. The standard InChI is InChI=1S/C21H27N3O5S/c1-6-23(7-2)30(28,29)19-12-11-15(3)20(14-19)21(25)22(5)16(4)17-9-8-10-18(13-17)24(26)27/h8-14,16H,6-7H2,1-5H3. The Morgan fingerprint density at radius 3 is 2.33 bits per heavy atom. The zero-order chi connectivity index (χ0) is 22.6. The van der Waals surface area contributed by atoms with Gasteiger partial charge in [-0.25, -0.2) is 8.42 Å². The van der Waals surface area contributed by atoms with Crippen LogP contribution >= 0.6 is 0 Å². The van der Waals surface area contributed by atoms with Crippen LogP contribution in [0.2, 0.25) is 0 Å². The van der Waals surface area contributed by atoms with Crippen LogP contribution < -0.4 is 0 Å². The Morgan fingerprint density at radius 1 is 1.13 bits per heavy atom. The van der Waals surface area contributed by atoms with Crippen LogP contribution in [0.3, 0.4) is 0 Å². The van der Waals surface area contributed by atoms with Crippen LogP contribution in [0.15, 0.2) is 47.4 Å². The van der Waals surface area contributed by atoms with Crippen LogP contribution in [0, 0.1) is 17.0 Å². The second-order valence-electron chi connectivity index (χ2n) is 7.01. The number of carbonyl (C=O) groups is 1. The van der Waals surface area contributed by atoms with Crippen molar-refractivity contribution in [2.24, 2.45) is 0 Å². The van der Waals surface area contributed by atoms with Gasteiger partial charge in [0, 0.05) is 37.8 Å². The Hall–Kier alpha value is -2.78. The van der Waals surface area contributed by atoms with E-state index in [2.05, 4.69) is 0 Å². The minimum atomic E-state index is -3.70. The Labute approximate surface area is 177 Å². The zero-order valence-corrected chi connectivity index (χ0v) is 18.6. The molecule has 0 aliphatic carbocycles. The molecule has 1 unspecified atom stereocenters. The van der Waals surface area contributed by atoms with Crippen LogP contribution in [-0.4, -0.2) is 48.6 Å². The molecule has 30 heavy (non-hydrogen) atoms. The van der Waals surface area contributed by atoms with E-state index < -0.39 is 21.0 Å². The fourth-order valence-electron chi connectivity index (χ4n) is 3.19. The zero-order valence-electron chi connectivity index (χ0n) is 17.8. The molecule has 0 saturated carbocycles. The first-order valence-corrected chi connectivity index (χ1v) is 11.1. The third-order valence-corrected chi connectivity index (χ3v) is 7.29. The van der Waals surface area contributed by atoms with Gasteiger partial charge in [-0.15, -0.1) is 0 Å². The van der Waals surface area contributed by atoms with Crippen LogP contribution in [0.1, 0.15) is 48.3 Å². The summed E-state index contributed by atoms with van der Waals surface area (Å²) in [7, 11) is -2.11. The summed E-state index contributed by atoms with van der Waals surface area (Å²) in [4.78, 5) is 25.3. The molecule has 0 N–H and O–H groups in total. The van der Waals surface area contributed by atoms with Gasteiger partial charge in [-0.3, -0.25) is 14.9 Å². The van der Waals surface area contributed by atoms with Gasteiger partial charge < -0.3 is 4.90 Å². The molecule has 8 nitrogen and oxygen atoms in total. The highest BCUT2D eigenvalue weighted by Crippen LogP contribution is 2.26. The first-order valence-electron chi connectivity index (χ1n) is 9.66.